The SMILES string of the molecule is CC(=O)OCc1ccc(CC(=O)N2CCC(Oc3ccc(OCc4cccc(F)c4)cc3)CC2)cn1. The molecule has 2 aromatic carbocycles. The van der Waals surface area contributed by atoms with Gasteiger partial charge in [-0.1, -0.05) is 18.2 Å². The quantitative estimate of drug-likeness (QED) is 0.410. The van der Waals surface area contributed by atoms with E-state index in [-0.39, 0.29) is 36.8 Å². The number of piperidine rings is 1. The molecule has 0 N–H and O–H groups in total. The Hall–Kier alpha value is -3.94. The van der Waals surface area contributed by atoms with E-state index >= 15 is 0 Å². The average molecular weight is 493 g/mol. The molecule has 2 heterocycles. The van der Waals surface area contributed by atoms with Crippen LogP contribution in [0.1, 0.15) is 36.6 Å². The molecule has 1 aliphatic heterocycles. The van der Waals surface area contributed by atoms with Gasteiger partial charge in [0.2, 0.25) is 5.91 Å². The zero-order valence-corrected chi connectivity index (χ0v) is 20.2. The minimum Gasteiger partial charge on any atom is -0.490 e. The van der Waals surface area contributed by atoms with Crippen molar-refractivity contribution in [3.05, 3.63) is 89.5 Å². The molecule has 0 unspecified atom stereocenters. The highest BCUT2D eigenvalue weighted by Gasteiger charge is 2.24. The fourth-order valence-electron chi connectivity index (χ4n) is 3.93. The number of pyridine rings is 1. The molecule has 0 aliphatic carbocycles. The van der Waals surface area contributed by atoms with Crippen LogP contribution in [0.5, 0.6) is 11.5 Å². The van der Waals surface area contributed by atoms with Crippen molar-refractivity contribution in [3.63, 3.8) is 0 Å². The molecule has 1 fully saturated rings. The van der Waals surface area contributed by atoms with Crippen molar-refractivity contribution < 1.29 is 28.2 Å². The first-order valence-electron chi connectivity index (χ1n) is 11.9. The van der Waals surface area contributed by atoms with Gasteiger partial charge in [-0.15, -0.1) is 0 Å². The minimum absolute atomic E-state index is 0.0374. The van der Waals surface area contributed by atoms with Gasteiger partial charge in [0.1, 0.15) is 36.6 Å². The number of hydrogen-bond acceptors (Lipinski definition) is 6. The normalized spacial score (nSPS) is 13.8. The van der Waals surface area contributed by atoms with Gasteiger partial charge in [0, 0.05) is 39.1 Å². The second-order valence-electron chi connectivity index (χ2n) is 8.70. The molecule has 3 aromatic rings. The molecular formula is C28H29FN2O5. The summed E-state index contributed by atoms with van der Waals surface area (Å²) in [6.07, 6.45) is 3.48. The summed E-state index contributed by atoms with van der Waals surface area (Å²) < 4.78 is 30.0. The average Bonchev–Trinajstić information content (AvgIpc) is 2.88. The van der Waals surface area contributed by atoms with Crippen molar-refractivity contribution in [1.82, 2.24) is 9.88 Å². The number of hydrogen-bond donors (Lipinski definition) is 0. The Balaban J connectivity index is 1.19. The van der Waals surface area contributed by atoms with Crippen LogP contribution in [0.4, 0.5) is 4.39 Å². The molecule has 7 nitrogen and oxygen atoms in total. The highest BCUT2D eigenvalue weighted by molar-refractivity contribution is 5.78. The number of rotatable bonds is 9. The van der Waals surface area contributed by atoms with Crippen LogP contribution in [0.3, 0.4) is 0 Å². The van der Waals surface area contributed by atoms with Gasteiger partial charge in [-0.05, 0) is 53.6 Å². The van der Waals surface area contributed by atoms with Crippen LogP contribution in [-0.2, 0) is 34.0 Å². The lowest BCUT2D eigenvalue weighted by atomic mass is 10.1. The number of likely N-dealkylation sites (tertiary alicyclic amines) is 1. The van der Waals surface area contributed by atoms with Gasteiger partial charge in [-0.3, -0.25) is 14.6 Å². The molecule has 0 bridgehead atoms. The van der Waals surface area contributed by atoms with Gasteiger partial charge >= 0.3 is 5.97 Å². The van der Waals surface area contributed by atoms with Crippen LogP contribution >= 0.6 is 0 Å². The van der Waals surface area contributed by atoms with E-state index in [1.165, 1.54) is 19.1 Å². The zero-order valence-electron chi connectivity index (χ0n) is 20.2. The fourth-order valence-corrected chi connectivity index (χ4v) is 3.93. The van der Waals surface area contributed by atoms with Gasteiger partial charge in [0.25, 0.3) is 0 Å². The van der Waals surface area contributed by atoms with Gasteiger partial charge in [0.05, 0.1) is 12.1 Å². The smallest absolute Gasteiger partial charge is 0.303 e. The molecule has 4 rings (SSSR count). The van der Waals surface area contributed by atoms with E-state index in [4.69, 9.17) is 14.2 Å². The molecule has 1 saturated heterocycles. The van der Waals surface area contributed by atoms with Crippen LogP contribution < -0.4 is 9.47 Å². The third-order valence-electron chi connectivity index (χ3n) is 5.88. The first-order chi connectivity index (χ1) is 17.4. The Bertz CT molecular complexity index is 1160. The van der Waals surface area contributed by atoms with E-state index in [1.807, 2.05) is 41.3 Å². The molecule has 36 heavy (non-hydrogen) atoms. The van der Waals surface area contributed by atoms with Crippen molar-refractivity contribution in [2.45, 2.75) is 45.5 Å². The second-order valence-corrected chi connectivity index (χ2v) is 8.70. The van der Waals surface area contributed by atoms with Crippen LogP contribution in [-0.4, -0.2) is 41.0 Å². The maximum absolute atomic E-state index is 13.3. The Kier molecular flexibility index (Phi) is 8.49. The van der Waals surface area contributed by atoms with Crippen molar-refractivity contribution in [1.29, 1.82) is 0 Å². The molecule has 1 aliphatic rings. The summed E-state index contributed by atoms with van der Waals surface area (Å²) >= 11 is 0. The largest absolute Gasteiger partial charge is 0.490 e. The summed E-state index contributed by atoms with van der Waals surface area (Å²) in [6, 6.07) is 17.3. The number of halogens is 1. The van der Waals surface area contributed by atoms with Crippen LogP contribution in [0, 0.1) is 5.82 Å². The number of ether oxygens (including phenoxy) is 3. The summed E-state index contributed by atoms with van der Waals surface area (Å²) in [4.78, 5) is 29.7. The maximum atomic E-state index is 13.3. The summed E-state index contributed by atoms with van der Waals surface area (Å²) in [5.41, 5.74) is 2.24. The molecule has 0 spiro atoms. The van der Waals surface area contributed by atoms with E-state index in [0.717, 1.165) is 29.7 Å². The maximum Gasteiger partial charge on any atom is 0.303 e. The second kappa shape index (κ2) is 12.2. The van der Waals surface area contributed by atoms with Crippen LogP contribution in [0.15, 0.2) is 66.9 Å². The monoisotopic (exact) mass is 492 g/mol. The topological polar surface area (TPSA) is 78.0 Å². The third-order valence-corrected chi connectivity index (χ3v) is 5.88. The van der Waals surface area contributed by atoms with Crippen molar-refractivity contribution in [3.8, 4) is 11.5 Å². The molecule has 0 atom stereocenters. The molecule has 0 saturated carbocycles. The molecule has 1 aromatic heterocycles. The van der Waals surface area contributed by atoms with E-state index in [2.05, 4.69) is 4.98 Å². The highest BCUT2D eigenvalue weighted by Crippen LogP contribution is 2.23. The Labute approximate surface area is 209 Å². The molecule has 188 valence electrons. The number of carbonyl (C=O) groups is 2. The Morgan fingerprint density at radius 3 is 2.39 bits per heavy atom. The predicted octanol–water partition coefficient (Wildman–Crippen LogP) is 4.48. The van der Waals surface area contributed by atoms with E-state index < -0.39 is 0 Å². The molecule has 8 heteroatoms. The van der Waals surface area contributed by atoms with Crippen molar-refractivity contribution in [2.24, 2.45) is 0 Å². The fraction of sp³-hybridized carbons (Fsp3) is 0.321. The standard InChI is InChI=1S/C28H29FN2O5/c1-20(32)34-19-24-6-5-21(17-30-24)16-28(33)31-13-11-27(12-14-31)36-26-9-7-25(8-10-26)35-18-22-3-2-4-23(29)15-22/h2-10,15,17,27H,11-14,16,18-19H2,1H3. The summed E-state index contributed by atoms with van der Waals surface area (Å²) in [7, 11) is 0. The lowest BCUT2D eigenvalue weighted by molar-refractivity contribution is -0.142. The molecule has 0 radical (unpaired) electrons. The summed E-state index contributed by atoms with van der Waals surface area (Å²) in [6.45, 7) is 3.04. The van der Waals surface area contributed by atoms with Crippen molar-refractivity contribution in [2.75, 3.05) is 13.1 Å². The number of carbonyl (C=O) groups excluding carboxylic acids is 2. The number of aromatic nitrogens is 1. The van der Waals surface area contributed by atoms with Gasteiger partial charge in [-0.25, -0.2) is 4.39 Å². The number of amides is 1. The third kappa shape index (κ3) is 7.53. The van der Waals surface area contributed by atoms with E-state index in [1.54, 1.807) is 18.3 Å². The van der Waals surface area contributed by atoms with E-state index in [0.29, 0.717) is 31.1 Å². The molecule has 1 amide bonds. The number of esters is 1. The first kappa shape index (κ1) is 25.2. The first-order valence-corrected chi connectivity index (χ1v) is 11.9. The van der Waals surface area contributed by atoms with Gasteiger partial charge < -0.3 is 19.1 Å². The lowest BCUT2D eigenvalue weighted by Gasteiger charge is -2.32. The zero-order chi connectivity index (χ0) is 25.3. The highest BCUT2D eigenvalue weighted by atomic mass is 19.1. The van der Waals surface area contributed by atoms with E-state index in [9.17, 15) is 14.0 Å². The Morgan fingerprint density at radius 2 is 1.72 bits per heavy atom. The van der Waals surface area contributed by atoms with Gasteiger partial charge in [0.15, 0.2) is 0 Å². The van der Waals surface area contributed by atoms with Crippen LogP contribution in [0.2, 0.25) is 0 Å². The van der Waals surface area contributed by atoms with Crippen LogP contribution in [0.25, 0.3) is 0 Å². The predicted molar refractivity (Wildman–Crippen MR) is 131 cm³/mol. The lowest BCUT2D eigenvalue weighted by Crippen LogP contribution is -2.42. The number of nitrogens with zero attached hydrogens (tertiary/aromatic N) is 2. The van der Waals surface area contributed by atoms with Gasteiger partial charge in [-0.2, -0.15) is 0 Å². The minimum atomic E-state index is -0.355. The number of benzene rings is 2. The molecular weight excluding hydrogens is 463 g/mol. The summed E-state index contributed by atoms with van der Waals surface area (Å²) in [5.74, 6) is 0.852. The summed E-state index contributed by atoms with van der Waals surface area (Å²) in [5, 5.41) is 0. The van der Waals surface area contributed by atoms with Crippen molar-refractivity contribution >= 4 is 11.9 Å². The Morgan fingerprint density at radius 1 is 0.972 bits per heavy atom.